The number of likely N-dealkylation sites (tertiary alicyclic amines) is 1. The minimum atomic E-state index is -2.00. The number of carboxylic acids is 1. The van der Waals surface area contributed by atoms with Crippen LogP contribution in [0.3, 0.4) is 0 Å². The first-order valence-corrected chi connectivity index (χ1v) is 30.8. The number of nitrogens with zero attached hydrogens (tertiary/aromatic N) is 1. The first-order valence-electron chi connectivity index (χ1n) is 30.8. The minimum absolute atomic E-state index is 0.0338. The van der Waals surface area contributed by atoms with Gasteiger partial charge in [-0.25, -0.2) is 4.79 Å². The smallest absolute Gasteiger partial charge is 0.329 e. The van der Waals surface area contributed by atoms with E-state index < -0.39 is 119 Å². The molecule has 0 radical (unpaired) electrons. The van der Waals surface area contributed by atoms with Gasteiger partial charge in [-0.1, -0.05) is 149 Å². The molecule has 0 spiro atoms. The van der Waals surface area contributed by atoms with E-state index in [1.54, 1.807) is 30.3 Å². The fourth-order valence-corrected chi connectivity index (χ4v) is 10.5. The molecule has 4 aromatic rings. The van der Waals surface area contributed by atoms with Crippen molar-refractivity contribution in [3.8, 4) is 0 Å². The molecule has 8 atom stereocenters. The van der Waals surface area contributed by atoms with Crippen molar-refractivity contribution < 1.29 is 48.3 Å². The van der Waals surface area contributed by atoms with Gasteiger partial charge in [0.25, 0.3) is 0 Å². The van der Waals surface area contributed by atoms with Crippen LogP contribution in [0.4, 0.5) is 0 Å². The highest BCUT2D eigenvalue weighted by Gasteiger charge is 2.46. The SMILES string of the molecule is CC(C)C[C@@H](NC(=O)[C@@H](Cc1ccccc1)NC(=O)[C@H](N)Cc1ccccc1)C(=O)N[C@H](CCNC(=N)N)C(=O)NC1(C(=O)O)CCN(C(=O)[C@@H](CCNC(=N)N)NC(=O)[C@@H](CC(C)C)NC(=O)[C@@H](CCc2ccccc2)NC(=O)[C@H](N)Cc2ccccc2)CC1. The van der Waals surface area contributed by atoms with Gasteiger partial charge in [0, 0.05) is 32.6 Å². The maximum absolute atomic E-state index is 14.6. The summed E-state index contributed by atoms with van der Waals surface area (Å²) in [5, 5.41) is 50.8. The number of aliphatic carboxylic acids is 1. The topological polar surface area (TPSA) is 437 Å². The molecular weight excluding hydrogens is 1160 g/mol. The zero-order valence-electron chi connectivity index (χ0n) is 52.3. The summed E-state index contributed by atoms with van der Waals surface area (Å²) in [6.45, 7) is 6.62. The van der Waals surface area contributed by atoms with Crippen molar-refractivity contribution in [2.75, 3.05) is 26.2 Å². The number of aryl methyl sites for hydroxylation is 1. The summed E-state index contributed by atoms with van der Waals surface area (Å²) < 4.78 is 0. The number of carbonyl (C=O) groups is 9. The lowest BCUT2D eigenvalue weighted by atomic mass is 9.86. The second-order valence-corrected chi connectivity index (χ2v) is 23.9. The molecule has 0 aliphatic carbocycles. The highest BCUT2D eigenvalue weighted by molar-refractivity contribution is 5.97. The van der Waals surface area contributed by atoms with E-state index in [1.165, 1.54) is 4.90 Å². The van der Waals surface area contributed by atoms with Crippen molar-refractivity contribution >= 4 is 65.1 Å². The molecule has 20 N–H and O–H groups in total. The van der Waals surface area contributed by atoms with Gasteiger partial charge in [0.15, 0.2) is 11.9 Å². The number of nitrogens with one attached hydrogen (secondary N) is 11. The van der Waals surface area contributed by atoms with E-state index in [0.717, 1.165) is 16.7 Å². The summed E-state index contributed by atoms with van der Waals surface area (Å²) in [5.41, 5.74) is 25.1. The number of nitrogens with two attached hydrogens (primary N) is 4. The Bertz CT molecular complexity index is 3060. The average Bonchev–Trinajstić information content (AvgIpc) is 1.12. The summed E-state index contributed by atoms with van der Waals surface area (Å²) in [5.74, 6) is -8.33. The molecule has 1 aliphatic rings. The number of carboxylic acid groups (broad SMARTS) is 1. The Balaban J connectivity index is 1.31. The molecule has 1 fully saturated rings. The number of benzene rings is 4. The zero-order valence-corrected chi connectivity index (χ0v) is 52.3. The second-order valence-electron chi connectivity index (χ2n) is 23.9. The molecule has 26 nitrogen and oxygen atoms in total. The monoisotopic (exact) mass is 1260 g/mol. The molecule has 0 saturated carbocycles. The molecule has 26 heteroatoms. The molecule has 0 aromatic heterocycles. The molecule has 5 rings (SSSR count). The van der Waals surface area contributed by atoms with Gasteiger partial charge in [-0.15, -0.1) is 0 Å². The minimum Gasteiger partial charge on any atom is -0.480 e. The third kappa shape index (κ3) is 24.5. The van der Waals surface area contributed by atoms with Crippen LogP contribution in [0.1, 0.15) is 94.9 Å². The van der Waals surface area contributed by atoms with Crippen LogP contribution in [0.2, 0.25) is 0 Å². The van der Waals surface area contributed by atoms with Crippen molar-refractivity contribution in [2.45, 2.75) is 152 Å². The molecule has 91 heavy (non-hydrogen) atoms. The molecule has 1 aliphatic heterocycles. The van der Waals surface area contributed by atoms with Gasteiger partial charge in [0.1, 0.15) is 41.8 Å². The van der Waals surface area contributed by atoms with Crippen LogP contribution < -0.4 is 70.8 Å². The van der Waals surface area contributed by atoms with Crippen molar-refractivity contribution in [1.82, 2.24) is 52.8 Å². The van der Waals surface area contributed by atoms with Gasteiger partial charge in [-0.3, -0.25) is 49.2 Å². The Morgan fingerprint density at radius 1 is 0.462 bits per heavy atom. The van der Waals surface area contributed by atoms with Crippen molar-refractivity contribution in [3.63, 3.8) is 0 Å². The third-order valence-electron chi connectivity index (χ3n) is 15.5. The number of hydrogen-bond donors (Lipinski definition) is 16. The quantitative estimate of drug-likeness (QED) is 0.0218. The van der Waals surface area contributed by atoms with Crippen molar-refractivity contribution in [3.05, 3.63) is 144 Å². The Labute approximate surface area is 531 Å². The van der Waals surface area contributed by atoms with Crippen LogP contribution in [-0.2, 0) is 68.8 Å². The summed E-state index contributed by atoms with van der Waals surface area (Å²) in [4.78, 5) is 128. The van der Waals surface area contributed by atoms with E-state index in [-0.39, 0.29) is 102 Å². The van der Waals surface area contributed by atoms with Gasteiger partial charge in [-0.2, -0.15) is 0 Å². The summed E-state index contributed by atoms with van der Waals surface area (Å²) in [6.07, 6.45) is 0.132. The number of carbonyl (C=O) groups excluding carboxylic acids is 8. The molecule has 0 bridgehead atoms. The van der Waals surface area contributed by atoms with E-state index >= 15 is 0 Å². The van der Waals surface area contributed by atoms with E-state index in [4.69, 9.17) is 33.8 Å². The predicted molar refractivity (Wildman–Crippen MR) is 345 cm³/mol. The predicted octanol–water partition coefficient (Wildman–Crippen LogP) is 0.311. The zero-order chi connectivity index (χ0) is 66.6. The average molecular weight is 1260 g/mol. The lowest BCUT2D eigenvalue weighted by molar-refractivity contribution is -0.152. The van der Waals surface area contributed by atoms with E-state index in [0.29, 0.717) is 12.0 Å². The van der Waals surface area contributed by atoms with Crippen LogP contribution in [0, 0.1) is 22.7 Å². The van der Waals surface area contributed by atoms with E-state index in [2.05, 4.69) is 47.9 Å². The first kappa shape index (κ1) is 72.3. The van der Waals surface area contributed by atoms with E-state index in [9.17, 15) is 48.3 Å². The number of amides is 8. The molecule has 0 unspecified atom stereocenters. The van der Waals surface area contributed by atoms with Crippen LogP contribution in [0.15, 0.2) is 121 Å². The lowest BCUT2D eigenvalue weighted by Crippen LogP contribution is -2.65. The highest BCUT2D eigenvalue weighted by atomic mass is 16.4. The maximum atomic E-state index is 14.6. The standard InChI is InChI=1S/C65H92N16O10/c1-40(2)35-51(79-59(87)53(39-45-23-15-8-16-24-45)77-55(83)47(67)38-44-21-13-7-14-22-44)57(85)75-49(27-31-72-63(68)69)60(88)80-65(62(90)91)29-33-81(34-30-65)61(89)50(28-32-73-64(70)71)76-58(86)52(36-41(3)4)78-56(84)48(26-25-42-17-9-5-10-18-42)74-54(82)46(66)37-43-19-11-6-12-20-43/h5-24,40-41,46-53H,25-39,66-67H2,1-4H3,(H,74,82)(H,75,85)(H,76,86)(H,77,83)(H,78,84)(H,79,87)(H,80,88)(H,90,91)(H4,68,69,72)(H4,70,71,73)/t46-,47-,48-,49-,50-,51-,52-,53-/m1/s1. The van der Waals surface area contributed by atoms with Crippen LogP contribution in [0.5, 0.6) is 0 Å². The Kier molecular flexibility index (Phi) is 28.8. The van der Waals surface area contributed by atoms with Gasteiger partial charge < -0.3 is 80.8 Å². The summed E-state index contributed by atoms with van der Waals surface area (Å²) in [6, 6.07) is 26.9. The van der Waals surface area contributed by atoms with Gasteiger partial charge >= 0.3 is 5.97 Å². The van der Waals surface area contributed by atoms with Crippen molar-refractivity contribution in [2.24, 2.45) is 34.8 Å². The molecule has 492 valence electrons. The Morgan fingerprint density at radius 3 is 1.22 bits per heavy atom. The van der Waals surface area contributed by atoms with Gasteiger partial charge in [0.2, 0.25) is 47.3 Å². The maximum Gasteiger partial charge on any atom is 0.329 e. The van der Waals surface area contributed by atoms with Crippen LogP contribution >= 0.6 is 0 Å². The summed E-state index contributed by atoms with van der Waals surface area (Å²) in [7, 11) is 0. The molecular formula is C65H92N16O10. The first-order chi connectivity index (χ1) is 43.3. The summed E-state index contributed by atoms with van der Waals surface area (Å²) >= 11 is 0. The number of piperidine rings is 1. The Morgan fingerprint density at radius 2 is 0.802 bits per heavy atom. The lowest BCUT2D eigenvalue weighted by Gasteiger charge is -2.41. The van der Waals surface area contributed by atoms with Gasteiger partial charge in [-0.05, 0) is 98.3 Å². The van der Waals surface area contributed by atoms with Crippen LogP contribution in [-0.4, -0.2) is 155 Å². The number of rotatable bonds is 35. The largest absolute Gasteiger partial charge is 0.480 e. The molecule has 4 aromatic carbocycles. The molecule has 1 heterocycles. The van der Waals surface area contributed by atoms with Crippen molar-refractivity contribution in [1.29, 1.82) is 10.8 Å². The highest BCUT2D eigenvalue weighted by Crippen LogP contribution is 2.25. The normalized spacial score (nSPS) is 15.3. The van der Waals surface area contributed by atoms with E-state index in [1.807, 2.05) is 119 Å². The third-order valence-corrected chi connectivity index (χ3v) is 15.5. The second kappa shape index (κ2) is 36.3. The van der Waals surface area contributed by atoms with Gasteiger partial charge in [0.05, 0.1) is 12.1 Å². The fourth-order valence-electron chi connectivity index (χ4n) is 10.5. The fraction of sp³-hybridized carbons (Fsp3) is 0.462. The van der Waals surface area contributed by atoms with Crippen LogP contribution in [0.25, 0.3) is 0 Å². The molecule has 8 amide bonds. The number of guanidine groups is 2. The number of hydrogen-bond acceptors (Lipinski definition) is 13. The molecule has 1 saturated heterocycles. The Hall–Kier alpha value is -9.43.